The Morgan fingerprint density at radius 1 is 1.11 bits per heavy atom. The summed E-state index contributed by atoms with van der Waals surface area (Å²) < 4.78 is 46.9. The molecule has 0 spiro atoms. The number of hydrogen-bond donors (Lipinski definition) is 0. The third-order valence-electron chi connectivity index (χ3n) is 6.41. The lowest BCUT2D eigenvalue weighted by molar-refractivity contribution is 0.0376. The van der Waals surface area contributed by atoms with Gasteiger partial charge in [0.05, 0.1) is 28.3 Å². The van der Waals surface area contributed by atoms with E-state index in [-0.39, 0.29) is 29.0 Å². The van der Waals surface area contributed by atoms with Crippen molar-refractivity contribution in [3.63, 3.8) is 0 Å². The number of carbonyl (C=O) groups excluding carboxylic acids is 1. The number of ether oxygens (including phenoxy) is 1. The highest BCUT2D eigenvalue weighted by molar-refractivity contribution is 7.89. The summed E-state index contributed by atoms with van der Waals surface area (Å²) in [6, 6.07) is 10.4. The summed E-state index contributed by atoms with van der Waals surface area (Å²) in [4.78, 5) is 22.3. The van der Waals surface area contributed by atoms with Crippen molar-refractivity contribution < 1.29 is 22.3 Å². The van der Waals surface area contributed by atoms with Crippen molar-refractivity contribution in [2.45, 2.75) is 31.1 Å². The Labute approximate surface area is 233 Å². The van der Waals surface area contributed by atoms with Gasteiger partial charge in [-0.25, -0.2) is 22.1 Å². The van der Waals surface area contributed by atoms with E-state index >= 15 is 0 Å². The molecule has 1 fully saturated rings. The number of carbonyl (C=O) groups is 1. The molecule has 12 heteroatoms. The Kier molecular flexibility index (Phi) is 11.0. The van der Waals surface area contributed by atoms with Crippen LogP contribution in [0.4, 0.5) is 9.52 Å². The molecule has 1 saturated heterocycles. The standard InChI is InChI=1S/C26H33FN4O4S2.ClH/c1-3-4-12-29(2)37(33,34)22-9-6-20(7-10-22)25(32)31(14-5-13-30-15-17-35-18-16-30)26-28-23-11-8-21(27)19-24(23)36-26;/h6-11,19H,3-5,12-18H2,1-2H3;1H. The van der Waals surface area contributed by atoms with Gasteiger partial charge in [-0.05, 0) is 55.3 Å². The summed E-state index contributed by atoms with van der Waals surface area (Å²) in [5.41, 5.74) is 0.996. The van der Waals surface area contributed by atoms with Crippen molar-refractivity contribution in [1.29, 1.82) is 0 Å². The zero-order valence-corrected chi connectivity index (χ0v) is 24.1. The molecule has 8 nitrogen and oxygen atoms in total. The van der Waals surface area contributed by atoms with Gasteiger partial charge in [0.2, 0.25) is 10.0 Å². The lowest BCUT2D eigenvalue weighted by Gasteiger charge is -2.27. The number of amides is 1. The van der Waals surface area contributed by atoms with E-state index in [0.29, 0.717) is 47.2 Å². The summed E-state index contributed by atoms with van der Waals surface area (Å²) >= 11 is 1.27. The molecule has 1 aromatic heterocycles. The molecule has 208 valence electrons. The number of morpholine rings is 1. The van der Waals surface area contributed by atoms with Gasteiger partial charge in [0.1, 0.15) is 5.82 Å². The molecule has 3 aromatic rings. The predicted octanol–water partition coefficient (Wildman–Crippen LogP) is 4.65. The maximum Gasteiger partial charge on any atom is 0.260 e. The van der Waals surface area contributed by atoms with E-state index in [2.05, 4.69) is 9.88 Å². The minimum atomic E-state index is -3.63. The SMILES string of the molecule is CCCCN(C)S(=O)(=O)c1ccc(C(=O)N(CCCN2CCOCC2)c2nc3ccc(F)cc3s2)cc1.Cl. The molecular weight excluding hydrogens is 551 g/mol. The molecule has 0 atom stereocenters. The highest BCUT2D eigenvalue weighted by atomic mass is 35.5. The molecule has 0 bridgehead atoms. The molecule has 0 radical (unpaired) electrons. The normalized spacial score (nSPS) is 14.5. The fraction of sp³-hybridized carbons (Fsp3) is 0.462. The lowest BCUT2D eigenvalue weighted by atomic mass is 10.2. The topological polar surface area (TPSA) is 83.1 Å². The van der Waals surface area contributed by atoms with Crippen LogP contribution in [0.15, 0.2) is 47.4 Å². The fourth-order valence-electron chi connectivity index (χ4n) is 4.17. The van der Waals surface area contributed by atoms with E-state index in [1.807, 2.05) is 6.92 Å². The minimum Gasteiger partial charge on any atom is -0.379 e. The highest BCUT2D eigenvalue weighted by Gasteiger charge is 2.24. The number of nitrogens with zero attached hydrogens (tertiary/aromatic N) is 4. The van der Waals surface area contributed by atoms with Crippen molar-refractivity contribution >= 4 is 55.0 Å². The Morgan fingerprint density at radius 2 is 1.82 bits per heavy atom. The maximum atomic E-state index is 13.8. The number of benzene rings is 2. The van der Waals surface area contributed by atoms with Gasteiger partial charge < -0.3 is 4.74 Å². The van der Waals surface area contributed by atoms with Gasteiger partial charge in [0.25, 0.3) is 5.91 Å². The first kappa shape index (κ1) is 30.4. The van der Waals surface area contributed by atoms with E-state index < -0.39 is 10.0 Å². The number of anilines is 1. The summed E-state index contributed by atoms with van der Waals surface area (Å²) in [5.74, 6) is -0.626. The summed E-state index contributed by atoms with van der Waals surface area (Å²) in [6.07, 6.45) is 2.40. The van der Waals surface area contributed by atoms with Crippen LogP contribution in [0.2, 0.25) is 0 Å². The van der Waals surface area contributed by atoms with Crippen LogP contribution in [0.25, 0.3) is 10.2 Å². The molecule has 1 aliphatic heterocycles. The van der Waals surface area contributed by atoms with Crippen molar-refractivity contribution in [3.05, 3.63) is 53.8 Å². The van der Waals surface area contributed by atoms with Crippen molar-refractivity contribution in [2.75, 3.05) is 57.9 Å². The third kappa shape index (κ3) is 7.28. The Bertz CT molecular complexity index is 1310. The number of fused-ring (bicyclic) bond motifs is 1. The van der Waals surface area contributed by atoms with Crippen LogP contribution in [0.3, 0.4) is 0 Å². The molecule has 2 heterocycles. The van der Waals surface area contributed by atoms with Crippen LogP contribution in [0.1, 0.15) is 36.5 Å². The molecule has 0 N–H and O–H groups in total. The number of aromatic nitrogens is 1. The van der Waals surface area contributed by atoms with Gasteiger partial charge in [-0.1, -0.05) is 24.7 Å². The van der Waals surface area contributed by atoms with Crippen LogP contribution in [-0.2, 0) is 14.8 Å². The number of rotatable bonds is 11. The van der Waals surface area contributed by atoms with Gasteiger partial charge >= 0.3 is 0 Å². The third-order valence-corrected chi connectivity index (χ3v) is 9.32. The summed E-state index contributed by atoms with van der Waals surface area (Å²) in [5, 5.41) is 0.489. The molecule has 0 saturated carbocycles. The fourth-order valence-corrected chi connectivity index (χ4v) is 6.39. The Balaban J connectivity index is 0.00000400. The molecule has 1 amide bonds. The molecule has 38 heavy (non-hydrogen) atoms. The number of hydrogen-bond acceptors (Lipinski definition) is 7. The van der Waals surface area contributed by atoms with Gasteiger partial charge in [-0.3, -0.25) is 14.6 Å². The van der Waals surface area contributed by atoms with E-state index in [1.54, 1.807) is 30.1 Å². The zero-order chi connectivity index (χ0) is 26.4. The smallest absolute Gasteiger partial charge is 0.260 e. The second-order valence-corrected chi connectivity index (χ2v) is 12.1. The van der Waals surface area contributed by atoms with Crippen molar-refractivity contribution in [2.24, 2.45) is 0 Å². The van der Waals surface area contributed by atoms with Crippen LogP contribution in [-0.4, -0.2) is 81.5 Å². The predicted molar refractivity (Wildman–Crippen MR) is 152 cm³/mol. The zero-order valence-electron chi connectivity index (χ0n) is 21.6. The van der Waals surface area contributed by atoms with E-state index in [0.717, 1.165) is 38.9 Å². The van der Waals surface area contributed by atoms with Gasteiger partial charge in [-0.2, -0.15) is 0 Å². The van der Waals surface area contributed by atoms with E-state index in [1.165, 1.54) is 39.9 Å². The molecule has 0 unspecified atom stereocenters. The number of unbranched alkanes of at least 4 members (excludes halogenated alkanes) is 1. The van der Waals surface area contributed by atoms with E-state index in [9.17, 15) is 17.6 Å². The van der Waals surface area contributed by atoms with Crippen LogP contribution in [0, 0.1) is 5.82 Å². The first-order valence-corrected chi connectivity index (χ1v) is 14.8. The lowest BCUT2D eigenvalue weighted by Crippen LogP contribution is -2.39. The second kappa shape index (κ2) is 13.8. The first-order valence-electron chi connectivity index (χ1n) is 12.5. The molecule has 0 aliphatic carbocycles. The molecule has 1 aliphatic rings. The number of halogens is 2. The number of thiazole rings is 1. The monoisotopic (exact) mass is 584 g/mol. The Morgan fingerprint density at radius 3 is 2.50 bits per heavy atom. The van der Waals surface area contributed by atoms with Crippen LogP contribution in [0.5, 0.6) is 0 Å². The summed E-state index contributed by atoms with van der Waals surface area (Å²) in [6.45, 7) is 6.81. The quantitative estimate of drug-likeness (QED) is 0.326. The van der Waals surface area contributed by atoms with Crippen molar-refractivity contribution in [1.82, 2.24) is 14.2 Å². The minimum absolute atomic E-state index is 0. The first-order chi connectivity index (χ1) is 17.8. The molecule has 4 rings (SSSR count). The van der Waals surface area contributed by atoms with Gasteiger partial charge in [0, 0.05) is 45.3 Å². The highest BCUT2D eigenvalue weighted by Crippen LogP contribution is 2.31. The number of sulfonamides is 1. The van der Waals surface area contributed by atoms with Gasteiger partial charge in [-0.15, -0.1) is 12.4 Å². The molecular formula is C26H34ClFN4O4S2. The molecule has 2 aromatic carbocycles. The summed E-state index contributed by atoms with van der Waals surface area (Å²) in [7, 11) is -2.06. The Hall–Kier alpha value is -2.15. The van der Waals surface area contributed by atoms with Gasteiger partial charge in [0.15, 0.2) is 5.13 Å². The van der Waals surface area contributed by atoms with Crippen molar-refractivity contribution in [3.8, 4) is 0 Å². The van der Waals surface area contributed by atoms with Crippen LogP contribution < -0.4 is 4.90 Å². The average molecular weight is 585 g/mol. The maximum absolute atomic E-state index is 13.8. The largest absolute Gasteiger partial charge is 0.379 e. The second-order valence-electron chi connectivity index (χ2n) is 9.08. The van der Waals surface area contributed by atoms with Crippen LogP contribution >= 0.6 is 23.7 Å². The van der Waals surface area contributed by atoms with E-state index in [4.69, 9.17) is 4.74 Å². The average Bonchev–Trinajstić information content (AvgIpc) is 3.32.